The molecule has 6 atom stereocenters. The molecule has 0 aliphatic carbocycles. The van der Waals surface area contributed by atoms with E-state index in [1.165, 1.54) is 29.9 Å². The molecule has 0 amide bonds. The fourth-order valence-electron chi connectivity index (χ4n) is 5.61. The molecular weight excluding hydrogens is 704 g/mol. The van der Waals surface area contributed by atoms with Crippen LogP contribution in [0.3, 0.4) is 0 Å². The lowest BCUT2D eigenvalue weighted by molar-refractivity contribution is -0.178. The number of rotatable bonds is 15. The van der Waals surface area contributed by atoms with Crippen LogP contribution < -0.4 is 15.3 Å². The largest absolute Gasteiger partial charge is 0.461 e. The van der Waals surface area contributed by atoms with E-state index in [2.05, 4.69) is 15.2 Å². The van der Waals surface area contributed by atoms with E-state index >= 15 is 4.39 Å². The minimum Gasteiger partial charge on any atom is -0.461 e. The number of carbonyl (C=O) groups excluding carboxylic acids is 3. The summed E-state index contributed by atoms with van der Waals surface area (Å²) in [4.78, 5) is 43.4. The molecule has 2 aliphatic heterocycles. The van der Waals surface area contributed by atoms with Crippen molar-refractivity contribution < 1.29 is 56.1 Å². The van der Waals surface area contributed by atoms with Crippen LogP contribution in [0.4, 0.5) is 10.2 Å². The summed E-state index contributed by atoms with van der Waals surface area (Å²) >= 11 is 0. The van der Waals surface area contributed by atoms with Gasteiger partial charge in [-0.2, -0.15) is 10.2 Å². The minimum atomic E-state index is -4.59. The SMILES string of the molecule is CC(C)C(=O)O[C@H]1[C@H](c2ccc3c(N)ncnn23)O[C@](CF)(CO[P@](=O)(N[C@@H](C)C(=O)OC2CCOCC2)Oc2ccccc2)[C@H]1OC(=O)C(C)C. The summed E-state index contributed by atoms with van der Waals surface area (Å²) < 4.78 is 72.4. The van der Waals surface area contributed by atoms with E-state index in [-0.39, 0.29) is 17.3 Å². The number of benzene rings is 1. The van der Waals surface area contributed by atoms with Crippen molar-refractivity contribution in [2.45, 2.75) is 83.5 Å². The van der Waals surface area contributed by atoms with Gasteiger partial charge in [-0.15, -0.1) is 0 Å². The highest BCUT2D eigenvalue weighted by molar-refractivity contribution is 7.52. The van der Waals surface area contributed by atoms with Crippen LogP contribution >= 0.6 is 7.75 Å². The van der Waals surface area contributed by atoms with Gasteiger partial charge in [-0.05, 0) is 31.2 Å². The summed E-state index contributed by atoms with van der Waals surface area (Å²) in [6, 6.07) is 9.94. The maximum atomic E-state index is 15.7. The Morgan fingerprint density at radius 2 is 1.67 bits per heavy atom. The second-order valence-corrected chi connectivity index (χ2v) is 15.0. The van der Waals surface area contributed by atoms with Crippen LogP contribution in [0.2, 0.25) is 0 Å². The summed E-state index contributed by atoms with van der Waals surface area (Å²) in [7, 11) is -4.59. The average Bonchev–Trinajstić information content (AvgIpc) is 3.68. The lowest BCUT2D eigenvalue weighted by Crippen LogP contribution is -2.52. The normalized spacial score (nSPS) is 24.0. The highest BCUT2D eigenvalue weighted by Gasteiger charge is 2.62. The number of nitrogens with zero attached hydrogens (tertiary/aromatic N) is 3. The van der Waals surface area contributed by atoms with E-state index in [4.69, 9.17) is 38.5 Å². The fraction of sp³-hybridized carbons (Fsp3) is 0.559. The molecule has 0 spiro atoms. The molecule has 3 N–H and O–H groups in total. The molecule has 1 aromatic carbocycles. The predicted octanol–water partition coefficient (Wildman–Crippen LogP) is 4.13. The Morgan fingerprint density at radius 1 is 1.00 bits per heavy atom. The van der Waals surface area contributed by atoms with E-state index < -0.39 is 86.8 Å². The van der Waals surface area contributed by atoms with Gasteiger partial charge >= 0.3 is 25.7 Å². The third kappa shape index (κ3) is 8.89. The first kappa shape index (κ1) is 39.1. The Labute approximate surface area is 300 Å². The van der Waals surface area contributed by atoms with Crippen molar-refractivity contribution in [1.29, 1.82) is 0 Å². The summed E-state index contributed by atoms with van der Waals surface area (Å²) in [6.07, 6.45) is -2.58. The molecule has 3 aromatic rings. The third-order valence-electron chi connectivity index (χ3n) is 8.55. The van der Waals surface area contributed by atoms with Gasteiger partial charge in [0.1, 0.15) is 42.5 Å². The molecule has 4 heterocycles. The Morgan fingerprint density at radius 3 is 2.33 bits per heavy atom. The molecule has 2 aliphatic rings. The van der Waals surface area contributed by atoms with E-state index in [9.17, 15) is 18.9 Å². The highest BCUT2D eigenvalue weighted by atomic mass is 31.2. The number of ether oxygens (including phenoxy) is 5. The number of esters is 3. The third-order valence-corrected chi connectivity index (χ3v) is 10.2. The van der Waals surface area contributed by atoms with E-state index in [1.54, 1.807) is 58.0 Å². The van der Waals surface area contributed by atoms with Gasteiger partial charge in [-0.1, -0.05) is 45.9 Å². The summed E-state index contributed by atoms with van der Waals surface area (Å²) in [5.74, 6) is -3.25. The number of nitrogens with two attached hydrogens (primary N) is 1. The molecule has 2 aromatic heterocycles. The predicted molar refractivity (Wildman–Crippen MR) is 183 cm³/mol. The van der Waals surface area contributed by atoms with Crippen molar-refractivity contribution in [3.63, 3.8) is 0 Å². The number of nitrogen functional groups attached to an aromatic ring is 1. The molecule has 52 heavy (non-hydrogen) atoms. The molecule has 0 unspecified atom stereocenters. The standard InChI is InChI=1S/C34H45FN5O11P/c1-20(2)31(41)48-28-27(25-11-12-26-30(36)37-19-38-40(25)26)50-34(17-35,29(28)49-32(42)21(3)4)18-46-52(44,51-24-9-7-6-8-10-24)39-22(5)33(43)47-23-13-15-45-16-14-23/h6-12,19-23,27-29H,13-18H2,1-5H3,(H,39,44)(H2,36,37,38)/t22-,27-,28-,29-,34+,52+/m0/s1. The number of hydrogen-bond donors (Lipinski definition) is 2. The van der Waals surface area contributed by atoms with Gasteiger partial charge in [0.25, 0.3) is 0 Å². The molecule has 2 fully saturated rings. The summed E-state index contributed by atoms with van der Waals surface area (Å²) in [5.41, 5.74) is 4.47. The molecule has 0 saturated carbocycles. The number of aromatic nitrogens is 3. The molecule has 16 nitrogen and oxygen atoms in total. The Kier molecular flexibility index (Phi) is 12.5. The highest BCUT2D eigenvalue weighted by Crippen LogP contribution is 2.50. The van der Waals surface area contributed by atoms with Gasteiger partial charge in [0, 0.05) is 12.8 Å². The van der Waals surface area contributed by atoms with Gasteiger partial charge in [-0.3, -0.25) is 18.9 Å². The lowest BCUT2D eigenvalue weighted by Gasteiger charge is -2.34. The quantitative estimate of drug-likeness (QED) is 0.128. The van der Waals surface area contributed by atoms with Crippen LogP contribution in [0, 0.1) is 11.8 Å². The van der Waals surface area contributed by atoms with Gasteiger partial charge in [-0.25, -0.2) is 18.5 Å². The molecule has 0 radical (unpaired) electrons. The molecule has 2 saturated heterocycles. The van der Waals surface area contributed by atoms with Gasteiger partial charge in [0.2, 0.25) is 0 Å². The number of hydrogen-bond acceptors (Lipinski definition) is 14. The van der Waals surface area contributed by atoms with Crippen LogP contribution in [-0.2, 0) is 47.2 Å². The Hall–Kier alpha value is -4.15. The van der Waals surface area contributed by atoms with Gasteiger partial charge in [0.05, 0.1) is 37.4 Å². The topological polar surface area (TPSA) is 201 Å². The monoisotopic (exact) mass is 749 g/mol. The van der Waals surface area contributed by atoms with Crippen molar-refractivity contribution in [3.05, 3.63) is 54.5 Å². The van der Waals surface area contributed by atoms with Crippen LogP contribution in [-0.4, -0.2) is 89.0 Å². The Bertz CT molecular complexity index is 1760. The van der Waals surface area contributed by atoms with E-state index in [0.29, 0.717) is 31.6 Å². The smallest absolute Gasteiger partial charge is 0.459 e. The Balaban J connectivity index is 1.51. The van der Waals surface area contributed by atoms with Crippen LogP contribution in [0.1, 0.15) is 59.3 Å². The van der Waals surface area contributed by atoms with Crippen LogP contribution in [0.5, 0.6) is 5.75 Å². The number of halogens is 1. The van der Waals surface area contributed by atoms with Gasteiger partial charge in [0.15, 0.2) is 23.6 Å². The van der Waals surface area contributed by atoms with Gasteiger partial charge < -0.3 is 33.9 Å². The zero-order valence-electron chi connectivity index (χ0n) is 29.6. The van der Waals surface area contributed by atoms with Crippen molar-refractivity contribution in [2.75, 3.05) is 32.2 Å². The minimum absolute atomic E-state index is 0.103. The first-order valence-corrected chi connectivity index (χ1v) is 18.6. The summed E-state index contributed by atoms with van der Waals surface area (Å²) in [5, 5.41) is 6.85. The maximum absolute atomic E-state index is 15.7. The van der Waals surface area contributed by atoms with Crippen molar-refractivity contribution in [3.8, 4) is 5.75 Å². The number of alkyl halides is 1. The average molecular weight is 750 g/mol. The van der Waals surface area contributed by atoms with Crippen molar-refractivity contribution in [1.82, 2.24) is 19.7 Å². The van der Waals surface area contributed by atoms with E-state index in [0.717, 1.165) is 0 Å². The maximum Gasteiger partial charge on any atom is 0.459 e. The van der Waals surface area contributed by atoms with Crippen LogP contribution in [0.15, 0.2) is 48.8 Å². The number of anilines is 1. The molecule has 0 bridgehead atoms. The number of carbonyl (C=O) groups is 3. The first-order chi connectivity index (χ1) is 24.8. The number of nitrogens with one attached hydrogen (secondary N) is 1. The second-order valence-electron chi connectivity index (χ2n) is 13.3. The zero-order valence-corrected chi connectivity index (χ0v) is 30.5. The molecule has 18 heteroatoms. The molecular formula is C34H45FN5O11P. The van der Waals surface area contributed by atoms with Crippen LogP contribution in [0.25, 0.3) is 5.52 Å². The molecule has 5 rings (SSSR count). The van der Waals surface area contributed by atoms with Crippen molar-refractivity contribution >= 4 is 37.0 Å². The van der Waals surface area contributed by atoms with E-state index in [1.807, 2.05) is 0 Å². The second kappa shape index (κ2) is 16.7. The zero-order chi connectivity index (χ0) is 37.6. The number of para-hydroxylation sites is 1. The van der Waals surface area contributed by atoms with Crippen molar-refractivity contribution in [2.24, 2.45) is 11.8 Å². The molecule has 284 valence electrons. The summed E-state index contributed by atoms with van der Waals surface area (Å²) in [6.45, 7) is 6.39. The number of fused-ring (bicyclic) bond motifs is 1. The fourth-order valence-corrected chi connectivity index (χ4v) is 7.16. The lowest BCUT2D eigenvalue weighted by atomic mass is 9.95. The first-order valence-electron chi connectivity index (χ1n) is 17.0.